The summed E-state index contributed by atoms with van der Waals surface area (Å²) in [5.41, 5.74) is 0.324. The molecule has 0 aliphatic carbocycles. The lowest BCUT2D eigenvalue weighted by atomic mass is 9.94. The van der Waals surface area contributed by atoms with Crippen LogP contribution in [-0.4, -0.2) is 74.2 Å². The zero-order chi connectivity index (χ0) is 17.2. The Labute approximate surface area is 142 Å². The number of aromatic nitrogens is 2. The second-order valence-corrected chi connectivity index (χ2v) is 8.64. The molecule has 24 heavy (non-hydrogen) atoms. The normalized spacial score (nSPS) is 28.8. The van der Waals surface area contributed by atoms with Crippen LogP contribution >= 0.6 is 0 Å². The van der Waals surface area contributed by atoms with Crippen LogP contribution in [0.2, 0.25) is 0 Å². The van der Waals surface area contributed by atoms with Gasteiger partial charge >= 0.3 is 0 Å². The summed E-state index contributed by atoms with van der Waals surface area (Å²) < 4.78 is 36.8. The van der Waals surface area contributed by atoms with Gasteiger partial charge in [0.15, 0.2) is 0 Å². The maximum atomic E-state index is 11.9. The first kappa shape index (κ1) is 17.5. The SMILES string of the molecule is Cc1ccc(NC[C@@H]2CO[C@@]3(COCCN(S(C)(=O)=O)C3)C2)nn1. The van der Waals surface area contributed by atoms with Gasteiger partial charge in [0.1, 0.15) is 11.4 Å². The minimum atomic E-state index is -3.25. The van der Waals surface area contributed by atoms with Crippen LogP contribution in [0.4, 0.5) is 5.82 Å². The summed E-state index contributed by atoms with van der Waals surface area (Å²) in [6, 6.07) is 3.80. The molecule has 0 unspecified atom stereocenters. The van der Waals surface area contributed by atoms with Crippen LogP contribution in [0, 0.1) is 12.8 Å². The van der Waals surface area contributed by atoms with E-state index in [1.807, 2.05) is 19.1 Å². The minimum Gasteiger partial charge on any atom is -0.377 e. The van der Waals surface area contributed by atoms with E-state index in [-0.39, 0.29) is 5.92 Å². The van der Waals surface area contributed by atoms with Gasteiger partial charge in [-0.2, -0.15) is 9.40 Å². The molecule has 0 bridgehead atoms. The lowest BCUT2D eigenvalue weighted by molar-refractivity contribution is -0.0511. The van der Waals surface area contributed by atoms with E-state index in [1.165, 1.54) is 10.6 Å². The second kappa shape index (κ2) is 6.91. The number of hydrogen-bond acceptors (Lipinski definition) is 7. The molecule has 9 heteroatoms. The van der Waals surface area contributed by atoms with Crippen molar-refractivity contribution in [2.75, 3.05) is 51.0 Å². The number of sulfonamides is 1. The molecule has 8 nitrogen and oxygen atoms in total. The number of ether oxygens (including phenoxy) is 2. The smallest absolute Gasteiger partial charge is 0.211 e. The van der Waals surface area contributed by atoms with E-state index in [0.717, 1.165) is 17.9 Å². The van der Waals surface area contributed by atoms with Crippen LogP contribution in [0.3, 0.4) is 0 Å². The molecule has 1 aromatic heterocycles. The molecule has 2 aliphatic rings. The van der Waals surface area contributed by atoms with Crippen molar-refractivity contribution in [3.8, 4) is 0 Å². The topological polar surface area (TPSA) is 93.7 Å². The zero-order valence-corrected chi connectivity index (χ0v) is 14.9. The van der Waals surface area contributed by atoms with E-state index in [1.54, 1.807) is 0 Å². The number of nitrogens with one attached hydrogen (secondary N) is 1. The zero-order valence-electron chi connectivity index (χ0n) is 14.1. The summed E-state index contributed by atoms with van der Waals surface area (Å²) in [5, 5.41) is 11.4. The third-order valence-electron chi connectivity index (χ3n) is 4.44. The lowest BCUT2D eigenvalue weighted by Crippen LogP contribution is -2.46. The molecule has 2 saturated heterocycles. The van der Waals surface area contributed by atoms with Crippen molar-refractivity contribution >= 4 is 15.8 Å². The van der Waals surface area contributed by atoms with Crippen LogP contribution in [0.25, 0.3) is 0 Å². The lowest BCUT2D eigenvalue weighted by Gasteiger charge is -2.29. The second-order valence-electron chi connectivity index (χ2n) is 6.65. The standard InChI is InChI=1S/C15H24N4O4S/c1-12-3-4-14(18-17-12)16-8-13-7-15(23-9-13)10-19(24(2,20)21)5-6-22-11-15/h3-4,13H,5-11H2,1-2H3,(H,16,18)/t13-,15+/m1/s1. The highest BCUT2D eigenvalue weighted by molar-refractivity contribution is 7.88. The summed E-state index contributed by atoms with van der Waals surface area (Å²) in [6.07, 6.45) is 1.99. The molecule has 2 fully saturated rings. The van der Waals surface area contributed by atoms with Crippen molar-refractivity contribution in [2.24, 2.45) is 5.92 Å². The summed E-state index contributed by atoms with van der Waals surface area (Å²) in [5.74, 6) is 1.01. The highest BCUT2D eigenvalue weighted by Gasteiger charge is 2.44. The first-order valence-electron chi connectivity index (χ1n) is 8.07. The molecule has 0 radical (unpaired) electrons. The van der Waals surface area contributed by atoms with Gasteiger partial charge in [-0.1, -0.05) is 0 Å². The van der Waals surface area contributed by atoms with Crippen LogP contribution in [0.15, 0.2) is 12.1 Å². The van der Waals surface area contributed by atoms with Gasteiger partial charge in [0, 0.05) is 25.6 Å². The highest BCUT2D eigenvalue weighted by atomic mass is 32.2. The number of anilines is 1. The fourth-order valence-corrected chi connectivity index (χ4v) is 4.05. The molecule has 3 rings (SSSR count). The molecule has 2 atom stereocenters. The average molecular weight is 356 g/mol. The summed E-state index contributed by atoms with van der Waals surface area (Å²) in [7, 11) is -3.25. The number of aryl methyl sites for hydroxylation is 1. The van der Waals surface area contributed by atoms with Crippen molar-refractivity contribution in [1.82, 2.24) is 14.5 Å². The first-order chi connectivity index (χ1) is 11.4. The summed E-state index contributed by atoms with van der Waals surface area (Å²) in [4.78, 5) is 0. The number of nitrogens with zero attached hydrogens (tertiary/aromatic N) is 3. The van der Waals surface area contributed by atoms with E-state index in [9.17, 15) is 8.42 Å². The van der Waals surface area contributed by atoms with Crippen molar-refractivity contribution in [3.63, 3.8) is 0 Å². The van der Waals surface area contributed by atoms with Gasteiger partial charge < -0.3 is 14.8 Å². The van der Waals surface area contributed by atoms with Crippen molar-refractivity contribution in [1.29, 1.82) is 0 Å². The van der Waals surface area contributed by atoms with E-state index < -0.39 is 15.6 Å². The Morgan fingerprint density at radius 3 is 2.96 bits per heavy atom. The average Bonchev–Trinajstić information content (AvgIpc) is 2.78. The number of rotatable bonds is 4. The quantitative estimate of drug-likeness (QED) is 0.827. The molecule has 0 aromatic carbocycles. The van der Waals surface area contributed by atoms with Gasteiger partial charge in [-0.15, -0.1) is 5.10 Å². The molecule has 3 heterocycles. The van der Waals surface area contributed by atoms with Crippen LogP contribution in [0.5, 0.6) is 0 Å². The van der Waals surface area contributed by atoms with Crippen molar-refractivity contribution < 1.29 is 17.9 Å². The Morgan fingerprint density at radius 1 is 1.42 bits per heavy atom. The van der Waals surface area contributed by atoms with Gasteiger partial charge in [0.2, 0.25) is 10.0 Å². The Bertz CT molecular complexity index is 667. The Hall–Kier alpha value is -1.29. The summed E-state index contributed by atoms with van der Waals surface area (Å²) >= 11 is 0. The Kier molecular flexibility index (Phi) is 5.05. The molecule has 1 N–H and O–H groups in total. The van der Waals surface area contributed by atoms with Gasteiger partial charge in [-0.05, 0) is 25.5 Å². The maximum absolute atomic E-state index is 11.9. The minimum absolute atomic E-state index is 0.274. The van der Waals surface area contributed by atoms with E-state index in [4.69, 9.17) is 9.47 Å². The fourth-order valence-electron chi connectivity index (χ4n) is 3.18. The number of hydrogen-bond donors (Lipinski definition) is 1. The molecule has 0 amide bonds. The van der Waals surface area contributed by atoms with Crippen LogP contribution < -0.4 is 5.32 Å². The van der Waals surface area contributed by atoms with Crippen LogP contribution in [0.1, 0.15) is 12.1 Å². The van der Waals surface area contributed by atoms with Crippen molar-refractivity contribution in [2.45, 2.75) is 18.9 Å². The largest absolute Gasteiger partial charge is 0.377 e. The maximum Gasteiger partial charge on any atom is 0.211 e. The van der Waals surface area contributed by atoms with Crippen LogP contribution in [-0.2, 0) is 19.5 Å². The molecule has 2 aliphatic heterocycles. The van der Waals surface area contributed by atoms with Gasteiger partial charge in [0.25, 0.3) is 0 Å². The molecular weight excluding hydrogens is 332 g/mol. The third-order valence-corrected chi connectivity index (χ3v) is 5.69. The van der Waals surface area contributed by atoms with Gasteiger partial charge in [-0.25, -0.2) is 8.42 Å². The van der Waals surface area contributed by atoms with E-state index in [0.29, 0.717) is 39.5 Å². The predicted molar refractivity (Wildman–Crippen MR) is 89.3 cm³/mol. The molecule has 0 saturated carbocycles. The summed E-state index contributed by atoms with van der Waals surface area (Å²) in [6.45, 7) is 4.74. The monoisotopic (exact) mass is 356 g/mol. The van der Waals surface area contributed by atoms with Gasteiger partial charge in [0.05, 0.1) is 31.8 Å². The Balaban J connectivity index is 1.59. The fraction of sp³-hybridized carbons (Fsp3) is 0.733. The molecule has 1 spiro atoms. The Morgan fingerprint density at radius 2 is 2.25 bits per heavy atom. The molecular formula is C15H24N4O4S. The molecule has 134 valence electrons. The predicted octanol–water partition coefficient (Wildman–Crippen LogP) is 0.264. The third kappa shape index (κ3) is 4.21. The van der Waals surface area contributed by atoms with Gasteiger partial charge in [-0.3, -0.25) is 0 Å². The van der Waals surface area contributed by atoms with Crippen molar-refractivity contribution in [3.05, 3.63) is 17.8 Å². The highest BCUT2D eigenvalue weighted by Crippen LogP contribution is 2.33. The van der Waals surface area contributed by atoms with E-state index >= 15 is 0 Å². The van der Waals surface area contributed by atoms with E-state index in [2.05, 4.69) is 15.5 Å². The molecule has 1 aromatic rings. The first-order valence-corrected chi connectivity index (χ1v) is 9.92.